The van der Waals surface area contributed by atoms with Gasteiger partial charge >= 0.3 is 5.69 Å². The molecule has 6 heteroatoms. The molecule has 2 fully saturated rings. The Hall–Kier alpha value is -1.85. The second-order valence-corrected chi connectivity index (χ2v) is 6.52. The molecule has 4 rings (SSSR count). The fourth-order valence-electron chi connectivity index (χ4n) is 4.35. The lowest BCUT2D eigenvalue weighted by Gasteiger charge is -2.20. The van der Waals surface area contributed by atoms with Crippen molar-refractivity contribution >= 4 is 11.2 Å². The van der Waals surface area contributed by atoms with Crippen molar-refractivity contribution in [1.29, 1.82) is 0 Å². The molecule has 2 heterocycles. The zero-order valence-electron chi connectivity index (χ0n) is 12.2. The zero-order valence-corrected chi connectivity index (χ0v) is 12.2. The average Bonchev–Trinajstić information content (AvgIpc) is 3.14. The highest BCUT2D eigenvalue weighted by molar-refractivity contribution is 5.69. The van der Waals surface area contributed by atoms with E-state index in [-0.39, 0.29) is 11.2 Å². The van der Waals surface area contributed by atoms with E-state index in [1.165, 1.54) is 30.3 Å². The molecule has 2 saturated carbocycles. The van der Waals surface area contributed by atoms with Gasteiger partial charge in [-0.15, -0.1) is 0 Å². The van der Waals surface area contributed by atoms with Crippen LogP contribution >= 0.6 is 0 Å². The van der Waals surface area contributed by atoms with Crippen LogP contribution in [0.5, 0.6) is 0 Å². The molecule has 2 aliphatic rings. The molecule has 2 bridgehead atoms. The normalized spacial score (nSPS) is 27.8. The second kappa shape index (κ2) is 4.58. The number of H-pyrrole nitrogens is 2. The molecular formula is C15H20N4O2. The van der Waals surface area contributed by atoms with E-state index in [0.717, 1.165) is 24.1 Å². The molecule has 112 valence electrons. The summed E-state index contributed by atoms with van der Waals surface area (Å²) in [5.74, 6) is 3.27. The summed E-state index contributed by atoms with van der Waals surface area (Å²) in [6, 6.07) is 0. The van der Waals surface area contributed by atoms with E-state index in [4.69, 9.17) is 0 Å². The van der Waals surface area contributed by atoms with E-state index >= 15 is 0 Å². The van der Waals surface area contributed by atoms with Gasteiger partial charge in [0.05, 0.1) is 0 Å². The minimum atomic E-state index is -0.382. The van der Waals surface area contributed by atoms with E-state index < -0.39 is 0 Å². The summed E-state index contributed by atoms with van der Waals surface area (Å²) in [6.07, 6.45) is 6.28. The van der Waals surface area contributed by atoms with Crippen LogP contribution < -0.4 is 11.2 Å². The molecule has 3 atom stereocenters. The number of nitrogens with one attached hydrogen (secondary N) is 2. The van der Waals surface area contributed by atoms with Crippen LogP contribution in [0.1, 0.15) is 38.4 Å². The van der Waals surface area contributed by atoms with Gasteiger partial charge in [-0.2, -0.15) is 0 Å². The molecule has 6 nitrogen and oxygen atoms in total. The summed E-state index contributed by atoms with van der Waals surface area (Å²) >= 11 is 0. The molecule has 2 aromatic rings. The van der Waals surface area contributed by atoms with Gasteiger partial charge in [0.1, 0.15) is 11.3 Å². The van der Waals surface area contributed by atoms with E-state index in [2.05, 4.69) is 15.0 Å². The van der Waals surface area contributed by atoms with Crippen LogP contribution in [0.4, 0.5) is 0 Å². The Morgan fingerprint density at radius 2 is 2.10 bits per heavy atom. The maximum atomic E-state index is 11.9. The Bertz CT molecular complexity index is 800. The molecule has 0 saturated heterocycles. The quantitative estimate of drug-likeness (QED) is 0.895. The monoisotopic (exact) mass is 288 g/mol. The summed E-state index contributed by atoms with van der Waals surface area (Å²) in [4.78, 5) is 33.7. The smallest absolute Gasteiger partial charge is 0.330 e. The lowest BCUT2D eigenvalue weighted by atomic mass is 9.86. The minimum absolute atomic E-state index is 0.369. The zero-order chi connectivity index (χ0) is 14.6. The van der Waals surface area contributed by atoms with Crippen LogP contribution in [-0.2, 0) is 13.0 Å². The third-order valence-corrected chi connectivity index (χ3v) is 5.34. The second-order valence-electron chi connectivity index (χ2n) is 6.52. The fraction of sp³-hybridized carbons (Fsp3) is 0.667. The van der Waals surface area contributed by atoms with Crippen molar-refractivity contribution in [1.82, 2.24) is 19.5 Å². The van der Waals surface area contributed by atoms with Crippen LogP contribution in [0.15, 0.2) is 9.59 Å². The predicted molar refractivity (Wildman–Crippen MR) is 79.3 cm³/mol. The standard InChI is InChI=1S/C15H20N4O2/c1-2-19-13-12(14(20)18-15(19)21)16-11(17-13)7-10-6-8-3-4-9(10)5-8/h8-10H,2-7H2,1H3,(H,16,17)(H,18,20,21). The molecule has 0 radical (unpaired) electrons. The van der Waals surface area contributed by atoms with Gasteiger partial charge in [0, 0.05) is 13.0 Å². The predicted octanol–water partition coefficient (Wildman–Crippen LogP) is 1.41. The van der Waals surface area contributed by atoms with Crippen LogP contribution in [0.3, 0.4) is 0 Å². The number of hydrogen-bond acceptors (Lipinski definition) is 3. The van der Waals surface area contributed by atoms with Crippen LogP contribution in [-0.4, -0.2) is 19.5 Å². The first-order valence-electron chi connectivity index (χ1n) is 7.87. The highest BCUT2D eigenvalue weighted by Gasteiger charge is 2.39. The average molecular weight is 288 g/mol. The van der Waals surface area contributed by atoms with Gasteiger partial charge in [0.25, 0.3) is 5.56 Å². The van der Waals surface area contributed by atoms with Gasteiger partial charge < -0.3 is 4.98 Å². The molecule has 0 spiro atoms. The van der Waals surface area contributed by atoms with Gasteiger partial charge in [-0.05, 0) is 43.9 Å². The van der Waals surface area contributed by atoms with Gasteiger partial charge in [-0.25, -0.2) is 9.78 Å². The van der Waals surface area contributed by atoms with Gasteiger partial charge in [-0.1, -0.05) is 6.42 Å². The molecule has 0 amide bonds. The topological polar surface area (TPSA) is 83.5 Å². The van der Waals surface area contributed by atoms with E-state index in [9.17, 15) is 9.59 Å². The third kappa shape index (κ3) is 1.96. The molecule has 2 aromatic heterocycles. The summed E-state index contributed by atoms with van der Waals surface area (Å²) < 4.78 is 1.51. The number of nitrogens with zero attached hydrogens (tertiary/aromatic N) is 2. The van der Waals surface area contributed by atoms with Crippen molar-refractivity contribution in [3.8, 4) is 0 Å². The minimum Gasteiger partial charge on any atom is -0.336 e. The van der Waals surface area contributed by atoms with Gasteiger partial charge in [0.15, 0.2) is 5.65 Å². The number of hydrogen-bond donors (Lipinski definition) is 2. The summed E-state index contributed by atoms with van der Waals surface area (Å²) in [5, 5.41) is 0. The molecular weight excluding hydrogens is 268 g/mol. The number of aromatic nitrogens is 4. The summed E-state index contributed by atoms with van der Waals surface area (Å²) in [6.45, 7) is 2.38. The van der Waals surface area contributed by atoms with Crippen molar-refractivity contribution in [2.24, 2.45) is 17.8 Å². The molecule has 2 N–H and O–H groups in total. The fourth-order valence-corrected chi connectivity index (χ4v) is 4.35. The highest BCUT2D eigenvalue weighted by atomic mass is 16.2. The first-order valence-corrected chi connectivity index (χ1v) is 7.87. The van der Waals surface area contributed by atoms with Crippen LogP contribution in [0.2, 0.25) is 0 Å². The van der Waals surface area contributed by atoms with Crippen LogP contribution in [0.25, 0.3) is 11.2 Å². The Balaban J connectivity index is 1.72. The van der Waals surface area contributed by atoms with Crippen molar-refractivity contribution in [2.75, 3.05) is 0 Å². The van der Waals surface area contributed by atoms with E-state index in [0.29, 0.717) is 23.6 Å². The maximum absolute atomic E-state index is 11.9. The largest absolute Gasteiger partial charge is 0.336 e. The lowest BCUT2D eigenvalue weighted by molar-refractivity contribution is 0.327. The number of rotatable bonds is 3. The van der Waals surface area contributed by atoms with E-state index in [1.54, 1.807) is 0 Å². The first-order chi connectivity index (χ1) is 10.2. The van der Waals surface area contributed by atoms with Crippen molar-refractivity contribution in [2.45, 2.75) is 45.6 Å². The van der Waals surface area contributed by atoms with Gasteiger partial charge in [0.2, 0.25) is 0 Å². The summed E-state index contributed by atoms with van der Waals surface area (Å²) in [5.41, 5.74) is 0.165. The van der Waals surface area contributed by atoms with Crippen molar-refractivity contribution < 1.29 is 0 Å². The Kier molecular flexibility index (Phi) is 2.80. The number of fused-ring (bicyclic) bond motifs is 3. The number of imidazole rings is 1. The molecule has 0 aromatic carbocycles. The Morgan fingerprint density at radius 3 is 2.76 bits per heavy atom. The summed E-state index contributed by atoms with van der Waals surface area (Å²) in [7, 11) is 0. The molecule has 2 aliphatic carbocycles. The molecule has 21 heavy (non-hydrogen) atoms. The molecule has 0 aliphatic heterocycles. The molecule has 3 unspecified atom stereocenters. The maximum Gasteiger partial charge on any atom is 0.330 e. The number of aryl methyl sites for hydroxylation is 1. The third-order valence-electron chi connectivity index (χ3n) is 5.34. The van der Waals surface area contributed by atoms with E-state index in [1.807, 2.05) is 6.92 Å². The van der Waals surface area contributed by atoms with Gasteiger partial charge in [-0.3, -0.25) is 14.3 Å². The number of aromatic amines is 2. The Labute approximate surface area is 121 Å². The first kappa shape index (κ1) is 12.9. The van der Waals surface area contributed by atoms with Crippen LogP contribution in [0, 0.1) is 17.8 Å². The Morgan fingerprint density at radius 1 is 1.24 bits per heavy atom. The van der Waals surface area contributed by atoms with Crippen molar-refractivity contribution in [3.63, 3.8) is 0 Å². The SMILES string of the molecule is CCn1c(=O)[nH]c(=O)c2[nH]c(CC3CC4CCC3C4)nc21. The lowest BCUT2D eigenvalue weighted by Crippen LogP contribution is -2.29. The highest BCUT2D eigenvalue weighted by Crippen LogP contribution is 2.49. The van der Waals surface area contributed by atoms with Crippen molar-refractivity contribution in [3.05, 3.63) is 26.7 Å².